The van der Waals surface area contributed by atoms with Gasteiger partial charge in [-0.25, -0.2) is 17.9 Å². The van der Waals surface area contributed by atoms with E-state index in [2.05, 4.69) is 38.6 Å². The third-order valence-corrected chi connectivity index (χ3v) is 12.1. The van der Waals surface area contributed by atoms with Crippen molar-refractivity contribution in [3.05, 3.63) is 118 Å². The summed E-state index contributed by atoms with van der Waals surface area (Å²) in [6, 6.07) is 22.1. The van der Waals surface area contributed by atoms with E-state index in [1.807, 2.05) is 36.5 Å². The first kappa shape index (κ1) is 44.0. The second-order valence-corrected chi connectivity index (χ2v) is 17.0. The predicted octanol–water partition coefficient (Wildman–Crippen LogP) is 6.80. The van der Waals surface area contributed by atoms with E-state index in [0.29, 0.717) is 42.3 Å². The van der Waals surface area contributed by atoms with Gasteiger partial charge in [-0.1, -0.05) is 79.9 Å². The van der Waals surface area contributed by atoms with E-state index in [0.717, 1.165) is 79.3 Å². The summed E-state index contributed by atoms with van der Waals surface area (Å²) >= 11 is 7.01. The number of hydrogen-bond acceptors (Lipinski definition) is 10. The molecule has 0 bridgehead atoms. The highest BCUT2D eigenvalue weighted by Gasteiger charge is 2.31. The lowest BCUT2D eigenvalue weighted by Crippen LogP contribution is -2.45. The molecule has 1 aliphatic carbocycles. The molecular weight excluding hydrogens is 802 g/mol. The topological polar surface area (TPSA) is 182 Å². The van der Waals surface area contributed by atoms with E-state index in [-0.39, 0.29) is 33.2 Å². The lowest BCUT2D eigenvalue weighted by atomic mass is 9.96. The maximum absolute atomic E-state index is 12.5. The molecule has 1 unspecified atom stereocenters. The number of urea groups is 1. The van der Waals surface area contributed by atoms with Crippen molar-refractivity contribution in [2.24, 2.45) is 0 Å². The first-order valence-corrected chi connectivity index (χ1v) is 21.9. The van der Waals surface area contributed by atoms with E-state index in [1.165, 1.54) is 30.9 Å². The van der Waals surface area contributed by atoms with Crippen LogP contribution in [0.2, 0.25) is 5.02 Å². The number of methoxy groups -OCH3 is 1. The first-order valence-electron chi connectivity index (χ1n) is 19.1. The second kappa shape index (κ2) is 21.6. The number of halogens is 1. The van der Waals surface area contributed by atoms with E-state index in [9.17, 15) is 27.6 Å². The van der Waals surface area contributed by atoms with Crippen molar-refractivity contribution in [1.29, 1.82) is 0 Å². The number of aromatic nitrogens is 1. The number of carbonyl (C=O) groups excluding carboxylic acids is 4. The number of sulfonamides is 1. The molecule has 5 amide bonds. The maximum Gasteiger partial charge on any atom is 0.328 e. The van der Waals surface area contributed by atoms with Crippen LogP contribution in [0.5, 0.6) is 11.5 Å². The molecule has 6 rings (SSSR count). The van der Waals surface area contributed by atoms with Gasteiger partial charge in [0, 0.05) is 35.9 Å². The smallest absolute Gasteiger partial charge is 0.328 e. The number of carbonyl (C=O) groups is 4. The van der Waals surface area contributed by atoms with Crippen LogP contribution in [-0.4, -0.2) is 68.0 Å². The summed E-state index contributed by atoms with van der Waals surface area (Å²) in [5.41, 5.74) is 4.42. The highest BCUT2D eigenvalue weighted by molar-refractivity contribution is 8.15. The molecule has 1 atom stereocenters. The zero-order chi connectivity index (χ0) is 41.5. The zero-order valence-corrected chi connectivity index (χ0v) is 34.8. The number of hydrogen-bond donors (Lipinski definition) is 4. The van der Waals surface area contributed by atoms with Crippen molar-refractivity contribution in [1.82, 2.24) is 25.7 Å². The minimum absolute atomic E-state index is 0.00209. The Morgan fingerprint density at radius 2 is 1.62 bits per heavy atom. The number of nitrogens with zero attached hydrogens (tertiary/aromatic N) is 1. The number of thioether (sulfide) groups is 1. The molecule has 3 aromatic carbocycles. The van der Waals surface area contributed by atoms with Crippen molar-refractivity contribution in [2.45, 2.75) is 80.9 Å². The molecule has 1 aliphatic heterocycles. The zero-order valence-electron chi connectivity index (χ0n) is 32.4. The van der Waals surface area contributed by atoms with Gasteiger partial charge in [0.25, 0.3) is 21.2 Å². The Hall–Kier alpha value is -5.12. The summed E-state index contributed by atoms with van der Waals surface area (Å²) in [6.07, 6.45) is 9.62. The molecule has 13 nitrogen and oxygen atoms in total. The molecule has 1 saturated heterocycles. The molecule has 308 valence electrons. The van der Waals surface area contributed by atoms with Gasteiger partial charge in [0.05, 0.1) is 29.4 Å². The molecule has 4 N–H and O–H groups in total. The van der Waals surface area contributed by atoms with Crippen molar-refractivity contribution >= 4 is 56.5 Å². The molecule has 16 heteroatoms. The van der Waals surface area contributed by atoms with Gasteiger partial charge in [0.1, 0.15) is 11.5 Å². The van der Waals surface area contributed by atoms with Crippen LogP contribution in [0.1, 0.15) is 71.8 Å². The summed E-state index contributed by atoms with van der Waals surface area (Å²) in [5, 5.41) is 7.66. The summed E-state index contributed by atoms with van der Waals surface area (Å²) < 4.78 is 38.0. The number of ether oxygens (including phenoxy) is 2. The molecule has 0 spiro atoms. The standard InChI is InChI=1S/C23H28ClN3O5S.C19H20N2O3S/c1-32-21-12-9-17(24)15-20(21)22(28)25-14-13-16-7-10-19(11-8-16)33(30,31)27-23(29)26-18-5-3-2-4-6-18;1-2-13-3-6-15(20-12-13)9-10-24-16-7-4-14(5-8-16)11-17-18(22)21-19(23)25-17/h7-12,15,18H,2-6,13-14H2,1H3,(H,25,28)(H2,26,27,29);3-8,12,17H,2,9-11H2,1H3,(H,21,22,23). The van der Waals surface area contributed by atoms with Crippen LogP contribution in [-0.2, 0) is 40.5 Å². The number of aryl methyl sites for hydroxylation is 1. The average Bonchev–Trinajstić information content (AvgIpc) is 3.54. The minimum atomic E-state index is -3.97. The van der Waals surface area contributed by atoms with Crippen LogP contribution < -0.4 is 30.1 Å². The molecule has 0 radical (unpaired) electrons. The van der Waals surface area contributed by atoms with Gasteiger partial charge in [0.2, 0.25) is 5.91 Å². The Bertz CT molecular complexity index is 2130. The van der Waals surface area contributed by atoms with Crippen LogP contribution in [0.4, 0.5) is 9.59 Å². The van der Waals surface area contributed by atoms with Gasteiger partial charge >= 0.3 is 6.03 Å². The molecule has 2 heterocycles. The van der Waals surface area contributed by atoms with Gasteiger partial charge in [0.15, 0.2) is 0 Å². The van der Waals surface area contributed by atoms with E-state index >= 15 is 0 Å². The Morgan fingerprint density at radius 3 is 2.26 bits per heavy atom. The van der Waals surface area contributed by atoms with Crippen molar-refractivity contribution in [2.75, 3.05) is 20.3 Å². The van der Waals surface area contributed by atoms with Crippen LogP contribution in [0.25, 0.3) is 0 Å². The molecule has 58 heavy (non-hydrogen) atoms. The molecule has 2 fully saturated rings. The normalized spacial score (nSPS) is 15.4. The third-order valence-electron chi connectivity index (χ3n) is 9.54. The fourth-order valence-electron chi connectivity index (χ4n) is 6.30. The Morgan fingerprint density at radius 1 is 0.914 bits per heavy atom. The van der Waals surface area contributed by atoms with Crippen LogP contribution in [0.15, 0.2) is 90.0 Å². The third kappa shape index (κ3) is 13.5. The number of benzene rings is 3. The summed E-state index contributed by atoms with van der Waals surface area (Å²) in [6.45, 7) is 3.01. The van der Waals surface area contributed by atoms with Crippen molar-refractivity contribution < 1.29 is 37.1 Å². The van der Waals surface area contributed by atoms with E-state index in [1.54, 1.807) is 24.3 Å². The number of amides is 5. The molecular formula is C42H48ClN5O8S2. The Balaban J connectivity index is 0.000000229. The van der Waals surface area contributed by atoms with Crippen LogP contribution in [0.3, 0.4) is 0 Å². The van der Waals surface area contributed by atoms with Crippen LogP contribution >= 0.6 is 23.4 Å². The summed E-state index contributed by atoms with van der Waals surface area (Å²) in [5.74, 6) is 0.679. The lowest BCUT2D eigenvalue weighted by Gasteiger charge is -2.22. The van der Waals surface area contributed by atoms with Gasteiger partial charge in [-0.2, -0.15) is 0 Å². The molecule has 1 aromatic heterocycles. The van der Waals surface area contributed by atoms with Crippen molar-refractivity contribution in [3.8, 4) is 11.5 Å². The van der Waals surface area contributed by atoms with Gasteiger partial charge in [-0.15, -0.1) is 0 Å². The Labute approximate surface area is 348 Å². The monoisotopic (exact) mass is 849 g/mol. The maximum atomic E-state index is 12.5. The number of imide groups is 1. The van der Waals surface area contributed by atoms with Crippen LogP contribution in [0, 0.1) is 0 Å². The number of pyridine rings is 1. The highest BCUT2D eigenvalue weighted by Crippen LogP contribution is 2.25. The summed E-state index contributed by atoms with van der Waals surface area (Å²) in [4.78, 5) is 51.7. The quantitative estimate of drug-likeness (QED) is 0.0993. The van der Waals surface area contributed by atoms with Gasteiger partial charge in [-0.05, 0) is 97.3 Å². The minimum Gasteiger partial charge on any atom is -0.496 e. The average molecular weight is 850 g/mol. The number of rotatable bonds is 15. The second-order valence-electron chi connectivity index (χ2n) is 13.7. The fraction of sp³-hybridized carbons (Fsp3) is 0.357. The largest absolute Gasteiger partial charge is 0.496 e. The fourth-order valence-corrected chi connectivity index (χ4v) is 8.25. The molecule has 4 aromatic rings. The number of nitrogens with one attached hydrogen (secondary N) is 4. The molecule has 1 saturated carbocycles. The predicted molar refractivity (Wildman–Crippen MR) is 224 cm³/mol. The molecule has 2 aliphatic rings. The van der Waals surface area contributed by atoms with Crippen molar-refractivity contribution in [3.63, 3.8) is 0 Å². The van der Waals surface area contributed by atoms with Gasteiger partial charge in [-0.3, -0.25) is 24.7 Å². The van der Waals surface area contributed by atoms with E-state index < -0.39 is 16.1 Å². The SMILES string of the molecule is CCc1ccc(CCOc2ccc(CC3SC(=O)NC3=O)cc2)nc1.COc1ccc(Cl)cc1C(=O)NCCc1ccc(S(=O)(=O)NC(=O)NC2CCCCC2)cc1. The lowest BCUT2D eigenvalue weighted by molar-refractivity contribution is -0.118. The summed E-state index contributed by atoms with van der Waals surface area (Å²) in [7, 11) is -2.49. The Kier molecular flexibility index (Phi) is 16.4. The highest BCUT2D eigenvalue weighted by atomic mass is 35.5. The van der Waals surface area contributed by atoms with Gasteiger partial charge < -0.3 is 20.1 Å². The van der Waals surface area contributed by atoms with E-state index in [4.69, 9.17) is 21.1 Å². The first-order chi connectivity index (χ1) is 27.9.